The summed E-state index contributed by atoms with van der Waals surface area (Å²) in [5, 5.41) is 9.63. The van der Waals surface area contributed by atoms with Gasteiger partial charge >= 0.3 is 17.9 Å². The minimum Gasteiger partial charge on any atom is -0.477 e. The summed E-state index contributed by atoms with van der Waals surface area (Å²) in [6, 6.07) is -0.611. The molecule has 334 valence electrons. The molecule has 0 aliphatic heterocycles. The third-order valence-electron chi connectivity index (χ3n) is 10.9. The van der Waals surface area contributed by atoms with Gasteiger partial charge in [0.25, 0.3) is 0 Å². The minimum absolute atomic E-state index is 0.0457. The minimum atomic E-state index is -0.872. The monoisotopic (exact) mass is 807 g/mol. The average molecular weight is 807 g/mol. The lowest BCUT2D eigenvalue weighted by molar-refractivity contribution is -0.887. The Morgan fingerprint density at radius 2 is 0.982 bits per heavy atom. The normalized spacial score (nSPS) is 13.1. The summed E-state index contributed by atoms with van der Waals surface area (Å²) >= 11 is 0. The van der Waals surface area contributed by atoms with Gasteiger partial charge < -0.3 is 23.8 Å². The largest absolute Gasteiger partial charge is 0.477 e. The van der Waals surface area contributed by atoms with E-state index in [1.54, 1.807) is 0 Å². The number of allylic oxidation sites excluding steroid dienone is 4. The molecule has 0 amide bonds. The number of likely N-dealkylation sites (N-methyl/N-ethyl adjacent to an activating group) is 1. The van der Waals surface area contributed by atoms with E-state index in [9.17, 15) is 19.5 Å². The van der Waals surface area contributed by atoms with Gasteiger partial charge in [-0.3, -0.25) is 9.59 Å². The van der Waals surface area contributed by atoms with E-state index in [2.05, 4.69) is 38.2 Å². The zero-order chi connectivity index (χ0) is 42.1. The van der Waals surface area contributed by atoms with Gasteiger partial charge in [-0.15, -0.1) is 0 Å². The van der Waals surface area contributed by atoms with Crippen molar-refractivity contribution in [1.82, 2.24) is 0 Å². The Morgan fingerprint density at radius 3 is 1.44 bits per heavy atom. The molecule has 2 unspecified atom stereocenters. The lowest BCUT2D eigenvalue weighted by Gasteiger charge is -2.31. The number of nitrogens with zero attached hydrogens (tertiary/aromatic N) is 1. The molecule has 1 N–H and O–H groups in total. The predicted octanol–water partition coefficient (Wildman–Crippen LogP) is 13.3. The maximum absolute atomic E-state index is 12.8. The number of aliphatic carboxylic acids is 1. The van der Waals surface area contributed by atoms with Crippen LogP contribution in [0.5, 0.6) is 0 Å². The molecule has 0 fully saturated rings. The SMILES string of the molecule is CC/C=C/C/C=C/CCCCCCCCCCCCCCCCC(=O)OC(COCCC(C(=O)O)[N+](C)(C)C)COC(=O)CCCCCCCCCCCCCC. The van der Waals surface area contributed by atoms with Crippen LogP contribution in [-0.4, -0.2) is 80.6 Å². The Morgan fingerprint density at radius 1 is 0.544 bits per heavy atom. The highest BCUT2D eigenvalue weighted by Crippen LogP contribution is 2.16. The maximum Gasteiger partial charge on any atom is 0.362 e. The fraction of sp³-hybridized carbons (Fsp3) is 0.857. The molecule has 8 heteroatoms. The third kappa shape index (κ3) is 39.1. The molecule has 0 spiro atoms. The first-order chi connectivity index (χ1) is 27.6. The molecule has 2 atom stereocenters. The van der Waals surface area contributed by atoms with Crippen LogP contribution in [-0.2, 0) is 28.6 Å². The van der Waals surface area contributed by atoms with Gasteiger partial charge in [0, 0.05) is 19.3 Å². The first-order valence-electron chi connectivity index (χ1n) is 23.9. The number of carboxylic acid groups (broad SMARTS) is 1. The van der Waals surface area contributed by atoms with Crippen LogP contribution in [0.4, 0.5) is 0 Å². The second-order valence-corrected chi connectivity index (χ2v) is 17.3. The van der Waals surface area contributed by atoms with Crippen molar-refractivity contribution in [3.05, 3.63) is 24.3 Å². The van der Waals surface area contributed by atoms with Crippen LogP contribution < -0.4 is 0 Å². The van der Waals surface area contributed by atoms with Crippen molar-refractivity contribution in [3.8, 4) is 0 Å². The summed E-state index contributed by atoms with van der Waals surface area (Å²) in [6.07, 6.45) is 45.1. The number of ether oxygens (including phenoxy) is 3. The van der Waals surface area contributed by atoms with Gasteiger partial charge in [0.15, 0.2) is 12.1 Å². The molecule has 0 aliphatic carbocycles. The predicted molar refractivity (Wildman–Crippen MR) is 238 cm³/mol. The number of hydrogen-bond donors (Lipinski definition) is 1. The zero-order valence-corrected chi connectivity index (χ0v) is 38.1. The molecule has 0 heterocycles. The van der Waals surface area contributed by atoms with Gasteiger partial charge in [-0.2, -0.15) is 0 Å². The van der Waals surface area contributed by atoms with E-state index in [-0.39, 0.29) is 36.2 Å². The van der Waals surface area contributed by atoms with Crippen LogP contribution >= 0.6 is 0 Å². The summed E-state index contributed by atoms with van der Waals surface area (Å²) in [4.78, 5) is 37.0. The number of quaternary nitrogens is 1. The fourth-order valence-electron chi connectivity index (χ4n) is 7.19. The van der Waals surface area contributed by atoms with Gasteiger partial charge in [0.05, 0.1) is 34.4 Å². The van der Waals surface area contributed by atoms with E-state index >= 15 is 0 Å². The third-order valence-corrected chi connectivity index (χ3v) is 10.9. The molecule has 8 nitrogen and oxygen atoms in total. The van der Waals surface area contributed by atoms with Crippen LogP contribution in [0.3, 0.4) is 0 Å². The molecule has 0 aromatic rings. The Labute approximate surface area is 351 Å². The molecular weight excluding hydrogens is 715 g/mol. The second kappa shape index (κ2) is 40.6. The van der Waals surface area contributed by atoms with Crippen molar-refractivity contribution >= 4 is 17.9 Å². The molecule has 0 saturated heterocycles. The van der Waals surface area contributed by atoms with E-state index in [4.69, 9.17) is 14.2 Å². The van der Waals surface area contributed by atoms with Gasteiger partial charge in [0.2, 0.25) is 0 Å². The Bertz CT molecular complexity index is 989. The van der Waals surface area contributed by atoms with Crippen LogP contribution in [0, 0.1) is 0 Å². The zero-order valence-electron chi connectivity index (χ0n) is 38.1. The number of carboxylic acids is 1. The highest BCUT2D eigenvalue weighted by atomic mass is 16.6. The van der Waals surface area contributed by atoms with E-state index in [0.29, 0.717) is 19.3 Å². The number of unbranched alkanes of at least 4 members (excludes halogenated alkanes) is 25. The maximum atomic E-state index is 12.8. The first kappa shape index (κ1) is 54.8. The second-order valence-electron chi connectivity index (χ2n) is 17.3. The smallest absolute Gasteiger partial charge is 0.362 e. The van der Waals surface area contributed by atoms with E-state index in [1.807, 2.05) is 21.1 Å². The Balaban J connectivity index is 4.21. The summed E-state index contributed by atoms with van der Waals surface area (Å²) in [7, 11) is 5.54. The molecule has 0 aromatic heterocycles. The molecule has 0 bridgehead atoms. The van der Waals surface area contributed by atoms with E-state index in [1.165, 1.54) is 135 Å². The topological polar surface area (TPSA) is 99.1 Å². The van der Waals surface area contributed by atoms with Crippen molar-refractivity contribution in [1.29, 1.82) is 0 Å². The number of carbonyl (C=O) groups is 3. The van der Waals surface area contributed by atoms with Crippen LogP contribution in [0.25, 0.3) is 0 Å². The van der Waals surface area contributed by atoms with E-state index < -0.39 is 18.1 Å². The van der Waals surface area contributed by atoms with Crippen molar-refractivity contribution in [3.63, 3.8) is 0 Å². The quantitative estimate of drug-likeness (QED) is 0.0283. The number of hydrogen-bond acceptors (Lipinski definition) is 6. The first-order valence-corrected chi connectivity index (χ1v) is 23.9. The van der Waals surface area contributed by atoms with Crippen molar-refractivity contribution < 1.29 is 38.2 Å². The van der Waals surface area contributed by atoms with Crippen molar-refractivity contribution in [2.24, 2.45) is 0 Å². The molecule has 57 heavy (non-hydrogen) atoms. The van der Waals surface area contributed by atoms with Gasteiger partial charge in [-0.1, -0.05) is 186 Å². The molecule has 0 rings (SSSR count). The van der Waals surface area contributed by atoms with E-state index in [0.717, 1.165) is 51.4 Å². The van der Waals surface area contributed by atoms with Gasteiger partial charge in [-0.25, -0.2) is 4.79 Å². The summed E-state index contributed by atoms with van der Waals surface area (Å²) in [6.45, 7) is 4.66. The van der Waals surface area contributed by atoms with Crippen LogP contribution in [0.1, 0.15) is 219 Å². The summed E-state index contributed by atoms with van der Waals surface area (Å²) in [5.74, 6) is -1.45. The van der Waals surface area contributed by atoms with Crippen LogP contribution in [0.15, 0.2) is 24.3 Å². The van der Waals surface area contributed by atoms with Crippen LogP contribution in [0.2, 0.25) is 0 Å². The highest BCUT2D eigenvalue weighted by molar-refractivity contribution is 5.72. The fourth-order valence-corrected chi connectivity index (χ4v) is 7.19. The molecular formula is C49H92NO7+. The Kier molecular flexibility index (Phi) is 39.0. The summed E-state index contributed by atoms with van der Waals surface area (Å²) < 4.78 is 17.3. The highest BCUT2D eigenvalue weighted by Gasteiger charge is 2.31. The Hall–Kier alpha value is -2.19. The standard InChI is InChI=1S/C49H91NO7/c1-6-8-10-12-14-16-18-20-21-22-23-24-25-26-27-28-30-32-34-36-38-40-48(52)57-45(43-55-42-41-46(49(53)54)50(3,4)5)44-56-47(51)39-37-35-33-31-29-19-17-15-13-11-9-7-2/h8,10,14,16,45-46H,6-7,9,11-13,15,17-44H2,1-5H3/p+1/b10-8+,16-14+. The lowest BCUT2D eigenvalue weighted by Crippen LogP contribution is -2.50. The average Bonchev–Trinajstić information content (AvgIpc) is 3.17. The molecule has 0 saturated carbocycles. The number of carbonyl (C=O) groups excluding carboxylic acids is 2. The summed E-state index contributed by atoms with van der Waals surface area (Å²) in [5.41, 5.74) is 0. The number of rotatable bonds is 43. The number of esters is 2. The molecule has 0 radical (unpaired) electrons. The van der Waals surface area contributed by atoms with Gasteiger partial charge in [0.1, 0.15) is 6.61 Å². The molecule has 0 aliphatic rings. The van der Waals surface area contributed by atoms with Gasteiger partial charge in [-0.05, 0) is 38.5 Å². The van der Waals surface area contributed by atoms with Crippen molar-refractivity contribution in [2.45, 2.75) is 231 Å². The van der Waals surface area contributed by atoms with Crippen molar-refractivity contribution in [2.75, 3.05) is 41.0 Å². The molecule has 0 aromatic carbocycles. The lowest BCUT2D eigenvalue weighted by atomic mass is 10.0.